The first-order valence-corrected chi connectivity index (χ1v) is 13.8. The van der Waals surface area contributed by atoms with Crippen LogP contribution in [-0.2, 0) is 4.79 Å². The number of hydrazine groups is 1. The number of carbonyl (C=O) groups excluding carboxylic acids is 1. The van der Waals surface area contributed by atoms with Gasteiger partial charge < -0.3 is 4.57 Å². The summed E-state index contributed by atoms with van der Waals surface area (Å²) in [7, 11) is 0. The number of aromatic nitrogens is 3. The van der Waals surface area contributed by atoms with Crippen molar-refractivity contribution in [2.45, 2.75) is 103 Å². The van der Waals surface area contributed by atoms with Crippen molar-refractivity contribution < 1.29 is 4.79 Å². The summed E-state index contributed by atoms with van der Waals surface area (Å²) in [4.78, 5) is 15.8. The zero-order chi connectivity index (χ0) is 24.4. The second kappa shape index (κ2) is 10.7. The van der Waals surface area contributed by atoms with E-state index < -0.39 is 0 Å². The zero-order valence-electron chi connectivity index (χ0n) is 21.7. The van der Waals surface area contributed by atoms with Crippen molar-refractivity contribution in [1.29, 1.82) is 0 Å². The Kier molecular flexibility index (Phi) is 7.42. The normalized spacial score (nSPS) is 25.2. The highest BCUT2D eigenvalue weighted by Crippen LogP contribution is 2.42. The smallest absolute Gasteiger partial charge is 0.241 e. The number of aryl methyl sites for hydroxylation is 1. The van der Waals surface area contributed by atoms with Crippen LogP contribution in [0.5, 0.6) is 0 Å². The lowest BCUT2D eigenvalue weighted by atomic mass is 9.89. The summed E-state index contributed by atoms with van der Waals surface area (Å²) in [5, 5.41) is 11.0. The Bertz CT molecular complexity index is 969. The molecule has 2 unspecified atom stereocenters. The van der Waals surface area contributed by atoms with Gasteiger partial charge in [-0.05, 0) is 57.6 Å². The van der Waals surface area contributed by atoms with Crippen LogP contribution >= 0.6 is 0 Å². The second-order valence-corrected chi connectivity index (χ2v) is 11.2. The van der Waals surface area contributed by atoms with Gasteiger partial charge in [0.15, 0.2) is 0 Å². The molecule has 35 heavy (non-hydrogen) atoms. The number of nitrogens with zero attached hydrogens (tertiary/aromatic N) is 5. The summed E-state index contributed by atoms with van der Waals surface area (Å²) >= 11 is 0. The van der Waals surface area contributed by atoms with E-state index in [1.807, 2.05) is 6.07 Å². The lowest BCUT2D eigenvalue weighted by Gasteiger charge is -2.41. The molecule has 3 heterocycles. The third-order valence-corrected chi connectivity index (χ3v) is 8.50. The molecular weight excluding hydrogens is 436 g/mol. The number of nitrogens with one attached hydrogen (secondary N) is 1. The fourth-order valence-electron chi connectivity index (χ4n) is 6.71. The number of piperidine rings is 1. The fourth-order valence-corrected chi connectivity index (χ4v) is 6.71. The van der Waals surface area contributed by atoms with Crippen LogP contribution in [0.1, 0.15) is 95.2 Å². The third kappa shape index (κ3) is 5.25. The molecular formula is C28H42N6O. The summed E-state index contributed by atoms with van der Waals surface area (Å²) in [6.07, 6.45) is 10.5. The van der Waals surface area contributed by atoms with Gasteiger partial charge in [0.05, 0.1) is 12.2 Å². The van der Waals surface area contributed by atoms with E-state index in [-0.39, 0.29) is 11.8 Å². The van der Waals surface area contributed by atoms with Gasteiger partial charge in [-0.1, -0.05) is 51.3 Å². The number of carbonyl (C=O) groups is 1. The van der Waals surface area contributed by atoms with Gasteiger partial charge in [0, 0.05) is 36.5 Å². The molecule has 1 aromatic carbocycles. The standard InChI is InChI=1S/C28H42N6O/c1-20(2)27-30-29-21(3)34(27)26-18-24-14-15-25(19-26)32(24)16-17-33(23-12-8-5-9-13-23)31-28(35)22-10-6-4-7-11-22/h5,8-9,12-13,20,22,24-26H,4,6-7,10-11,14-19H2,1-3H3,(H,31,35). The van der Waals surface area contributed by atoms with E-state index in [9.17, 15) is 4.79 Å². The van der Waals surface area contributed by atoms with E-state index in [1.54, 1.807) is 0 Å². The minimum absolute atomic E-state index is 0.157. The van der Waals surface area contributed by atoms with Gasteiger partial charge in [-0.25, -0.2) is 0 Å². The number of anilines is 1. The minimum Gasteiger partial charge on any atom is -0.312 e. The van der Waals surface area contributed by atoms with E-state index in [2.05, 4.69) is 75.1 Å². The van der Waals surface area contributed by atoms with E-state index in [1.165, 1.54) is 32.1 Å². The highest BCUT2D eigenvalue weighted by Gasteiger charge is 2.42. The maximum Gasteiger partial charge on any atom is 0.241 e. The number of hydrogen-bond donors (Lipinski definition) is 1. The summed E-state index contributed by atoms with van der Waals surface area (Å²) in [6, 6.07) is 12.0. The molecule has 2 saturated heterocycles. The average molecular weight is 479 g/mol. The summed E-state index contributed by atoms with van der Waals surface area (Å²) < 4.78 is 2.42. The Morgan fingerprint density at radius 1 is 1.00 bits per heavy atom. The van der Waals surface area contributed by atoms with Crippen LogP contribution in [0.25, 0.3) is 0 Å². The van der Waals surface area contributed by atoms with Crippen molar-refractivity contribution in [3.8, 4) is 0 Å². The SMILES string of the molecule is Cc1nnc(C(C)C)n1C1CC2CCC(C1)N2CCN(NC(=O)C1CCCCC1)c1ccccc1. The van der Waals surface area contributed by atoms with E-state index >= 15 is 0 Å². The summed E-state index contributed by atoms with van der Waals surface area (Å²) in [5.41, 5.74) is 4.37. The van der Waals surface area contributed by atoms with Crippen molar-refractivity contribution in [2.75, 3.05) is 18.1 Å². The van der Waals surface area contributed by atoms with Gasteiger partial charge in [-0.15, -0.1) is 10.2 Å². The van der Waals surface area contributed by atoms with Gasteiger partial charge in [0.2, 0.25) is 5.91 Å². The molecule has 0 radical (unpaired) electrons. The molecule has 2 aromatic rings. The molecule has 7 heteroatoms. The molecule has 7 nitrogen and oxygen atoms in total. The minimum atomic E-state index is 0.157. The second-order valence-electron chi connectivity index (χ2n) is 11.2. The van der Waals surface area contributed by atoms with Crippen molar-refractivity contribution in [2.24, 2.45) is 5.92 Å². The Morgan fingerprint density at radius 2 is 1.69 bits per heavy atom. The summed E-state index contributed by atoms with van der Waals surface area (Å²) in [6.45, 7) is 8.30. The molecule has 3 fully saturated rings. The van der Waals surface area contributed by atoms with Gasteiger partial charge in [-0.2, -0.15) is 0 Å². The predicted molar refractivity (Wildman–Crippen MR) is 139 cm³/mol. The molecule has 2 atom stereocenters. The number of para-hydroxylation sites is 1. The first-order valence-electron chi connectivity index (χ1n) is 13.8. The Hall–Kier alpha value is -2.41. The van der Waals surface area contributed by atoms with Crippen LogP contribution in [0.2, 0.25) is 0 Å². The van der Waals surface area contributed by atoms with Crippen molar-refractivity contribution in [3.63, 3.8) is 0 Å². The highest BCUT2D eigenvalue weighted by molar-refractivity contribution is 5.80. The first-order chi connectivity index (χ1) is 17.0. The molecule has 2 aliphatic heterocycles. The highest BCUT2D eigenvalue weighted by atomic mass is 16.2. The molecule has 1 saturated carbocycles. The molecule has 3 aliphatic rings. The van der Waals surface area contributed by atoms with Crippen LogP contribution in [0, 0.1) is 12.8 Å². The summed E-state index contributed by atoms with van der Waals surface area (Å²) in [5.74, 6) is 2.91. The molecule has 0 spiro atoms. The molecule has 1 amide bonds. The monoisotopic (exact) mass is 478 g/mol. The Balaban J connectivity index is 1.25. The number of fused-ring (bicyclic) bond motifs is 2. The molecule has 1 aromatic heterocycles. The quantitative estimate of drug-likeness (QED) is 0.541. The lowest BCUT2D eigenvalue weighted by Crippen LogP contribution is -2.51. The molecule has 2 bridgehead atoms. The Morgan fingerprint density at radius 3 is 2.34 bits per heavy atom. The van der Waals surface area contributed by atoms with Crippen molar-refractivity contribution in [1.82, 2.24) is 25.1 Å². The first kappa shape index (κ1) is 24.3. The van der Waals surface area contributed by atoms with Crippen molar-refractivity contribution >= 4 is 11.6 Å². The van der Waals surface area contributed by atoms with Gasteiger partial charge >= 0.3 is 0 Å². The topological polar surface area (TPSA) is 66.3 Å². The number of rotatable bonds is 8. The molecule has 1 N–H and O–H groups in total. The lowest BCUT2D eigenvalue weighted by molar-refractivity contribution is -0.126. The van der Waals surface area contributed by atoms with Crippen LogP contribution in [0.4, 0.5) is 5.69 Å². The van der Waals surface area contributed by atoms with Gasteiger partial charge in [0.25, 0.3) is 0 Å². The fraction of sp³-hybridized carbons (Fsp3) is 0.679. The van der Waals surface area contributed by atoms with E-state index in [0.717, 1.165) is 56.1 Å². The number of hydrogen-bond acceptors (Lipinski definition) is 5. The number of benzene rings is 1. The molecule has 5 rings (SSSR count). The van der Waals surface area contributed by atoms with E-state index in [4.69, 9.17) is 0 Å². The van der Waals surface area contributed by atoms with Gasteiger partial charge in [-0.3, -0.25) is 20.1 Å². The maximum absolute atomic E-state index is 13.1. The third-order valence-electron chi connectivity index (χ3n) is 8.50. The van der Waals surface area contributed by atoms with Crippen LogP contribution in [0.3, 0.4) is 0 Å². The maximum atomic E-state index is 13.1. The van der Waals surface area contributed by atoms with E-state index in [0.29, 0.717) is 24.0 Å². The molecule has 1 aliphatic carbocycles. The molecule has 190 valence electrons. The average Bonchev–Trinajstić information content (AvgIpc) is 3.38. The van der Waals surface area contributed by atoms with Crippen LogP contribution < -0.4 is 10.4 Å². The largest absolute Gasteiger partial charge is 0.312 e. The number of amides is 1. The zero-order valence-corrected chi connectivity index (χ0v) is 21.7. The predicted octanol–water partition coefficient (Wildman–Crippen LogP) is 5.00. The van der Waals surface area contributed by atoms with Gasteiger partial charge in [0.1, 0.15) is 11.6 Å². The Labute approximate surface area is 210 Å². The van der Waals surface area contributed by atoms with Crippen LogP contribution in [-0.4, -0.2) is 50.7 Å². The van der Waals surface area contributed by atoms with Crippen molar-refractivity contribution in [3.05, 3.63) is 42.0 Å². The van der Waals surface area contributed by atoms with Crippen LogP contribution in [0.15, 0.2) is 30.3 Å².